The van der Waals surface area contributed by atoms with E-state index in [0.717, 1.165) is 5.76 Å². The van der Waals surface area contributed by atoms with Crippen LogP contribution in [0.1, 0.15) is 19.1 Å². The molecule has 0 spiro atoms. The maximum atomic E-state index is 12.6. The van der Waals surface area contributed by atoms with Gasteiger partial charge in [-0.05, 0) is 25.5 Å². The SMILES string of the molecule is CC(Sc1nnc(NCc2ccco2)s1)C(=O)N(C)C1CCS(=O)(=O)C1. The summed E-state index contributed by atoms with van der Waals surface area (Å²) >= 11 is 2.69. The number of anilines is 1. The van der Waals surface area contributed by atoms with Crippen LogP contribution in [0.5, 0.6) is 0 Å². The zero-order valence-electron chi connectivity index (χ0n) is 14.4. The molecule has 26 heavy (non-hydrogen) atoms. The number of sulfone groups is 1. The van der Waals surface area contributed by atoms with Gasteiger partial charge in [0.15, 0.2) is 14.2 Å². The van der Waals surface area contributed by atoms with Crippen molar-refractivity contribution in [2.75, 3.05) is 23.9 Å². The van der Waals surface area contributed by atoms with Crippen molar-refractivity contribution in [1.82, 2.24) is 15.1 Å². The minimum atomic E-state index is -3.02. The van der Waals surface area contributed by atoms with E-state index in [0.29, 0.717) is 22.4 Å². The van der Waals surface area contributed by atoms with E-state index in [1.54, 1.807) is 25.1 Å². The van der Waals surface area contributed by atoms with Gasteiger partial charge in [-0.15, -0.1) is 10.2 Å². The van der Waals surface area contributed by atoms with Gasteiger partial charge in [0.25, 0.3) is 0 Å². The molecule has 142 valence electrons. The number of furan rings is 1. The van der Waals surface area contributed by atoms with E-state index >= 15 is 0 Å². The van der Waals surface area contributed by atoms with Crippen LogP contribution in [0.15, 0.2) is 27.2 Å². The average Bonchev–Trinajstić information content (AvgIpc) is 3.32. The maximum Gasteiger partial charge on any atom is 0.235 e. The third-order valence-electron chi connectivity index (χ3n) is 4.13. The third kappa shape index (κ3) is 4.77. The second kappa shape index (κ2) is 7.97. The second-order valence-corrected chi connectivity index (χ2v) is 10.9. The maximum absolute atomic E-state index is 12.6. The molecule has 3 rings (SSSR count). The van der Waals surface area contributed by atoms with Gasteiger partial charge in [0, 0.05) is 13.1 Å². The lowest BCUT2D eigenvalue weighted by Gasteiger charge is -2.25. The van der Waals surface area contributed by atoms with E-state index in [4.69, 9.17) is 4.42 Å². The molecule has 2 aromatic rings. The summed E-state index contributed by atoms with van der Waals surface area (Å²) in [6, 6.07) is 3.44. The Morgan fingerprint density at radius 3 is 3.00 bits per heavy atom. The molecular weight excluding hydrogens is 396 g/mol. The molecule has 8 nitrogen and oxygen atoms in total. The highest BCUT2D eigenvalue weighted by Crippen LogP contribution is 2.30. The molecule has 1 N–H and O–H groups in total. The highest BCUT2D eigenvalue weighted by molar-refractivity contribution is 8.02. The number of carbonyl (C=O) groups is 1. The standard InChI is InChI=1S/C15H20N4O4S3/c1-10(13(20)19(2)11-5-7-26(21,22)9-11)24-15-18-17-14(25-15)16-8-12-4-3-6-23-12/h3-4,6,10-11H,5,7-9H2,1-2H3,(H,16,17). The number of amides is 1. The molecule has 2 unspecified atom stereocenters. The molecule has 0 bridgehead atoms. The van der Waals surface area contributed by atoms with Crippen LogP contribution in [-0.4, -0.2) is 59.3 Å². The van der Waals surface area contributed by atoms with E-state index < -0.39 is 9.84 Å². The van der Waals surface area contributed by atoms with Crippen LogP contribution < -0.4 is 5.32 Å². The van der Waals surface area contributed by atoms with Crippen molar-refractivity contribution in [3.63, 3.8) is 0 Å². The zero-order valence-corrected chi connectivity index (χ0v) is 16.9. The van der Waals surface area contributed by atoms with Gasteiger partial charge in [-0.25, -0.2) is 8.42 Å². The van der Waals surface area contributed by atoms with Gasteiger partial charge in [0.2, 0.25) is 11.0 Å². The van der Waals surface area contributed by atoms with Crippen LogP contribution >= 0.6 is 23.1 Å². The Morgan fingerprint density at radius 1 is 1.54 bits per heavy atom. The molecule has 11 heteroatoms. The van der Waals surface area contributed by atoms with Crippen LogP contribution in [0, 0.1) is 0 Å². The van der Waals surface area contributed by atoms with Gasteiger partial charge < -0.3 is 14.6 Å². The molecule has 1 amide bonds. The average molecular weight is 417 g/mol. The number of thioether (sulfide) groups is 1. The van der Waals surface area contributed by atoms with Gasteiger partial charge >= 0.3 is 0 Å². The van der Waals surface area contributed by atoms with Gasteiger partial charge in [-0.2, -0.15) is 0 Å². The first-order chi connectivity index (χ1) is 12.3. The molecular formula is C15H20N4O4S3. The lowest BCUT2D eigenvalue weighted by Crippen LogP contribution is -2.41. The Labute approximate surface area is 160 Å². The molecule has 0 radical (unpaired) electrons. The molecule has 0 saturated carbocycles. The molecule has 0 aromatic carbocycles. The normalized spacial score (nSPS) is 20.0. The minimum Gasteiger partial charge on any atom is -0.467 e. The number of hydrogen-bond donors (Lipinski definition) is 1. The Hall–Kier alpha value is -1.59. The van der Waals surface area contributed by atoms with Crippen molar-refractivity contribution in [2.24, 2.45) is 0 Å². The molecule has 0 aliphatic carbocycles. The molecule has 1 aliphatic heterocycles. The Kier molecular flexibility index (Phi) is 5.88. The molecule has 3 heterocycles. The highest BCUT2D eigenvalue weighted by Gasteiger charge is 2.34. The van der Waals surface area contributed by atoms with Crippen molar-refractivity contribution in [1.29, 1.82) is 0 Å². The predicted octanol–water partition coefficient (Wildman–Crippen LogP) is 1.87. The largest absolute Gasteiger partial charge is 0.467 e. The summed E-state index contributed by atoms with van der Waals surface area (Å²) in [4.78, 5) is 14.1. The van der Waals surface area contributed by atoms with E-state index in [2.05, 4.69) is 15.5 Å². The lowest BCUT2D eigenvalue weighted by atomic mass is 10.2. The molecule has 2 aromatic heterocycles. The molecule has 1 aliphatic rings. The van der Waals surface area contributed by atoms with Crippen LogP contribution in [0.4, 0.5) is 5.13 Å². The Morgan fingerprint density at radius 2 is 2.35 bits per heavy atom. The van der Waals surface area contributed by atoms with Crippen molar-refractivity contribution in [3.05, 3.63) is 24.2 Å². The van der Waals surface area contributed by atoms with E-state index in [1.807, 2.05) is 12.1 Å². The Balaban J connectivity index is 1.52. The quantitative estimate of drug-likeness (QED) is 0.682. The molecule has 1 saturated heterocycles. The smallest absolute Gasteiger partial charge is 0.235 e. The summed E-state index contributed by atoms with van der Waals surface area (Å²) < 4.78 is 29.1. The number of hydrogen-bond acceptors (Lipinski definition) is 9. The summed E-state index contributed by atoms with van der Waals surface area (Å²) in [5.41, 5.74) is 0. The number of nitrogens with zero attached hydrogens (tertiary/aromatic N) is 3. The van der Waals surface area contributed by atoms with Crippen LogP contribution in [0.3, 0.4) is 0 Å². The monoisotopic (exact) mass is 416 g/mol. The summed E-state index contributed by atoms with van der Waals surface area (Å²) in [5.74, 6) is 0.896. The van der Waals surface area contributed by atoms with Gasteiger partial charge in [-0.3, -0.25) is 4.79 Å². The fraction of sp³-hybridized carbons (Fsp3) is 0.533. The molecule has 1 fully saturated rings. The fourth-order valence-electron chi connectivity index (χ4n) is 2.65. The highest BCUT2D eigenvalue weighted by atomic mass is 32.2. The van der Waals surface area contributed by atoms with E-state index in [1.165, 1.54) is 23.1 Å². The third-order valence-corrected chi connectivity index (χ3v) is 7.93. The second-order valence-electron chi connectivity index (χ2n) is 6.07. The number of aromatic nitrogens is 2. The number of rotatable bonds is 7. The predicted molar refractivity (Wildman–Crippen MR) is 101 cm³/mol. The first kappa shape index (κ1) is 19.2. The Bertz CT molecular complexity index is 850. The number of nitrogens with one attached hydrogen (secondary N) is 1. The van der Waals surface area contributed by atoms with Crippen LogP contribution in [0.2, 0.25) is 0 Å². The van der Waals surface area contributed by atoms with Crippen LogP contribution in [-0.2, 0) is 21.2 Å². The van der Waals surface area contributed by atoms with Crippen molar-refractivity contribution >= 4 is 44.0 Å². The van der Waals surface area contributed by atoms with E-state index in [9.17, 15) is 13.2 Å². The van der Waals surface area contributed by atoms with Gasteiger partial charge in [0.1, 0.15) is 5.76 Å². The summed E-state index contributed by atoms with van der Waals surface area (Å²) in [7, 11) is -1.35. The molecule has 2 atom stereocenters. The summed E-state index contributed by atoms with van der Waals surface area (Å²) in [6.45, 7) is 2.31. The lowest BCUT2D eigenvalue weighted by molar-refractivity contribution is -0.130. The van der Waals surface area contributed by atoms with E-state index in [-0.39, 0.29) is 28.7 Å². The van der Waals surface area contributed by atoms with Crippen LogP contribution in [0.25, 0.3) is 0 Å². The van der Waals surface area contributed by atoms with Crippen molar-refractivity contribution < 1.29 is 17.6 Å². The van der Waals surface area contributed by atoms with Crippen molar-refractivity contribution in [2.45, 2.75) is 35.5 Å². The first-order valence-corrected chi connectivity index (χ1v) is 11.6. The number of carbonyl (C=O) groups excluding carboxylic acids is 1. The fourth-order valence-corrected chi connectivity index (χ4v) is 6.42. The topological polar surface area (TPSA) is 105 Å². The van der Waals surface area contributed by atoms with Gasteiger partial charge in [-0.1, -0.05) is 23.1 Å². The zero-order chi connectivity index (χ0) is 18.7. The first-order valence-electron chi connectivity index (χ1n) is 8.07. The summed E-state index contributed by atoms with van der Waals surface area (Å²) in [6.07, 6.45) is 2.11. The van der Waals surface area contributed by atoms with Gasteiger partial charge in [0.05, 0.1) is 29.6 Å². The van der Waals surface area contributed by atoms with Crippen molar-refractivity contribution in [3.8, 4) is 0 Å². The minimum absolute atomic E-state index is 0.0479. The summed E-state index contributed by atoms with van der Waals surface area (Å²) in [5, 5.41) is 11.6.